The Morgan fingerprint density at radius 2 is 1.67 bits per heavy atom. The van der Waals surface area contributed by atoms with Crippen LogP contribution in [0.3, 0.4) is 0 Å². The number of fused-ring (bicyclic) bond motifs is 1. The molecule has 7 heteroatoms. The molecule has 0 saturated heterocycles. The third-order valence-corrected chi connectivity index (χ3v) is 8.08. The maximum Gasteiger partial charge on any atom is 0.251 e. The summed E-state index contributed by atoms with van der Waals surface area (Å²) in [5, 5.41) is 6.11. The first-order chi connectivity index (χ1) is 18.8. The summed E-state index contributed by atoms with van der Waals surface area (Å²) in [4.78, 5) is 42.2. The van der Waals surface area contributed by atoms with E-state index < -0.39 is 17.8 Å². The van der Waals surface area contributed by atoms with Gasteiger partial charge in [0.2, 0.25) is 5.91 Å². The zero-order valence-corrected chi connectivity index (χ0v) is 23.3. The number of hydrogen-bond acceptors (Lipinski definition) is 4. The highest BCUT2D eigenvalue weighted by molar-refractivity contribution is 5.95. The van der Waals surface area contributed by atoms with Crippen LogP contribution in [0.2, 0.25) is 0 Å². The maximum atomic E-state index is 13.6. The van der Waals surface area contributed by atoms with Crippen molar-refractivity contribution in [1.29, 1.82) is 0 Å². The van der Waals surface area contributed by atoms with E-state index >= 15 is 0 Å². The number of aryl methyl sites for hydroxylation is 1. The Bertz CT molecular complexity index is 1130. The molecule has 0 aromatic heterocycles. The van der Waals surface area contributed by atoms with Crippen molar-refractivity contribution < 1.29 is 18.8 Å². The number of benzene rings is 2. The summed E-state index contributed by atoms with van der Waals surface area (Å²) >= 11 is 0. The van der Waals surface area contributed by atoms with E-state index in [0.29, 0.717) is 37.3 Å². The van der Waals surface area contributed by atoms with Crippen molar-refractivity contribution in [3.63, 3.8) is 0 Å². The number of hydrogen-bond donors (Lipinski definition) is 2. The zero-order chi connectivity index (χ0) is 27.8. The molecule has 2 N–H and O–H groups in total. The van der Waals surface area contributed by atoms with E-state index in [9.17, 15) is 18.8 Å². The molecule has 1 saturated carbocycles. The Balaban J connectivity index is 1.41. The smallest absolute Gasteiger partial charge is 0.251 e. The average Bonchev–Trinajstić information content (AvgIpc) is 3.13. The quantitative estimate of drug-likeness (QED) is 0.446. The van der Waals surface area contributed by atoms with Crippen LogP contribution >= 0.6 is 0 Å². The minimum atomic E-state index is -0.547. The highest BCUT2D eigenvalue weighted by atomic mass is 19.1. The molecule has 4 rings (SSSR count). The van der Waals surface area contributed by atoms with Gasteiger partial charge in [-0.15, -0.1) is 0 Å². The zero-order valence-electron chi connectivity index (χ0n) is 23.3. The Morgan fingerprint density at radius 3 is 2.41 bits per heavy atom. The summed E-state index contributed by atoms with van der Waals surface area (Å²) < 4.78 is 13.3. The molecule has 3 atom stereocenters. The van der Waals surface area contributed by atoms with Crippen molar-refractivity contribution in [3.05, 3.63) is 71.0 Å². The number of rotatable bonds is 10. The van der Waals surface area contributed by atoms with Crippen molar-refractivity contribution in [1.82, 2.24) is 15.5 Å². The summed E-state index contributed by atoms with van der Waals surface area (Å²) in [5.41, 5.74) is 2.99. The maximum absolute atomic E-state index is 13.6. The molecule has 39 heavy (non-hydrogen) atoms. The van der Waals surface area contributed by atoms with Gasteiger partial charge in [0.15, 0.2) is 5.78 Å². The number of nitrogens with zero attached hydrogens (tertiary/aromatic N) is 1. The molecule has 0 bridgehead atoms. The summed E-state index contributed by atoms with van der Waals surface area (Å²) in [6.45, 7) is 6.15. The molecular formula is C32H42FN3O3. The molecular weight excluding hydrogens is 493 g/mol. The molecule has 1 fully saturated rings. The van der Waals surface area contributed by atoms with Gasteiger partial charge < -0.3 is 10.6 Å². The molecule has 0 radical (unpaired) electrons. The first-order valence-electron chi connectivity index (χ1n) is 14.5. The van der Waals surface area contributed by atoms with E-state index in [2.05, 4.69) is 47.6 Å². The van der Waals surface area contributed by atoms with Gasteiger partial charge in [0.05, 0.1) is 18.5 Å². The van der Waals surface area contributed by atoms with Gasteiger partial charge in [0.25, 0.3) is 5.91 Å². The van der Waals surface area contributed by atoms with Crippen LogP contribution in [-0.4, -0.2) is 47.7 Å². The minimum Gasteiger partial charge on any atom is -0.349 e. The lowest BCUT2D eigenvalue weighted by molar-refractivity contribution is -0.132. The van der Waals surface area contributed by atoms with Crippen LogP contribution in [0.1, 0.15) is 80.3 Å². The second kappa shape index (κ2) is 13.8. The monoisotopic (exact) mass is 535 g/mol. The lowest BCUT2D eigenvalue weighted by Crippen LogP contribution is -2.52. The highest BCUT2D eigenvalue weighted by Crippen LogP contribution is 2.26. The molecule has 2 aromatic rings. The number of halogens is 1. The summed E-state index contributed by atoms with van der Waals surface area (Å²) in [5.74, 6) is -0.813. The molecule has 1 heterocycles. The topological polar surface area (TPSA) is 78.5 Å². The predicted molar refractivity (Wildman–Crippen MR) is 151 cm³/mol. The first-order valence-corrected chi connectivity index (χ1v) is 14.5. The van der Waals surface area contributed by atoms with Gasteiger partial charge in [-0.05, 0) is 86.4 Å². The Hall–Kier alpha value is -3.06. The van der Waals surface area contributed by atoms with Gasteiger partial charge in [0, 0.05) is 18.2 Å². The van der Waals surface area contributed by atoms with Crippen LogP contribution in [-0.2, 0) is 22.6 Å². The second-order valence-electron chi connectivity index (χ2n) is 11.6. The predicted octanol–water partition coefficient (Wildman–Crippen LogP) is 5.05. The lowest BCUT2D eigenvalue weighted by atomic mass is 9.83. The van der Waals surface area contributed by atoms with E-state index in [-0.39, 0.29) is 23.6 Å². The molecule has 1 aliphatic heterocycles. The van der Waals surface area contributed by atoms with Crippen LogP contribution in [0, 0.1) is 17.7 Å². The second-order valence-corrected chi connectivity index (χ2v) is 11.6. The average molecular weight is 536 g/mol. The molecule has 2 aliphatic rings. The van der Waals surface area contributed by atoms with Crippen molar-refractivity contribution in [2.75, 3.05) is 13.1 Å². The summed E-state index contributed by atoms with van der Waals surface area (Å²) in [6, 6.07) is 13.0. The fourth-order valence-electron chi connectivity index (χ4n) is 5.80. The number of nitrogens with one attached hydrogen (secondary N) is 2. The lowest BCUT2D eigenvalue weighted by Gasteiger charge is -2.33. The van der Waals surface area contributed by atoms with E-state index in [1.54, 1.807) is 0 Å². The number of carbonyl (C=O) groups excluding carboxylic acids is 3. The van der Waals surface area contributed by atoms with Crippen molar-refractivity contribution in [3.8, 4) is 0 Å². The molecule has 6 nitrogen and oxygen atoms in total. The van der Waals surface area contributed by atoms with Gasteiger partial charge in [-0.25, -0.2) is 4.39 Å². The highest BCUT2D eigenvalue weighted by Gasteiger charge is 2.34. The summed E-state index contributed by atoms with van der Waals surface area (Å²) in [7, 11) is 0. The number of amides is 2. The number of carbonyl (C=O) groups is 3. The van der Waals surface area contributed by atoms with Gasteiger partial charge in [-0.2, -0.15) is 0 Å². The third-order valence-electron chi connectivity index (χ3n) is 8.08. The van der Waals surface area contributed by atoms with Crippen LogP contribution in [0.4, 0.5) is 4.39 Å². The molecule has 2 aromatic carbocycles. The van der Waals surface area contributed by atoms with Gasteiger partial charge in [-0.1, -0.05) is 51.0 Å². The molecule has 2 amide bonds. The molecule has 0 unspecified atom stereocenters. The third kappa shape index (κ3) is 8.21. The van der Waals surface area contributed by atoms with Crippen molar-refractivity contribution in [2.45, 2.75) is 83.8 Å². The Kier molecular flexibility index (Phi) is 10.3. The largest absolute Gasteiger partial charge is 0.349 e. The Labute approximate surface area is 231 Å². The fourth-order valence-corrected chi connectivity index (χ4v) is 5.80. The minimum absolute atomic E-state index is 0.0473. The molecule has 0 spiro atoms. The van der Waals surface area contributed by atoms with Gasteiger partial charge in [0.1, 0.15) is 5.82 Å². The fraction of sp³-hybridized carbons (Fsp3) is 0.531. The van der Waals surface area contributed by atoms with Crippen molar-refractivity contribution >= 4 is 17.6 Å². The van der Waals surface area contributed by atoms with Crippen LogP contribution in [0.25, 0.3) is 0 Å². The SMILES string of the molecule is CC(C)CC[C@H](NC(=O)[C@@H]1CCCC[C@@H]1NC(=O)c1ccc(F)cc1)C(=O)CN1CCCc2ccccc2C1. The standard InChI is InChI=1S/C32H42FN3O3/c1-22(2)13-18-29(30(37)21-36-19-7-10-23-8-3-4-9-25(23)20-36)35-32(39)27-11-5-6-12-28(27)34-31(38)24-14-16-26(33)17-15-24/h3-4,8-9,14-17,22,27-29H,5-7,10-13,18-21H2,1-2H3,(H,34,38)(H,35,39)/t27-,28+,29+/m1/s1. The van der Waals surface area contributed by atoms with E-state index in [1.807, 2.05) is 6.07 Å². The first kappa shape index (κ1) is 28.9. The van der Waals surface area contributed by atoms with Gasteiger partial charge in [-0.3, -0.25) is 19.3 Å². The van der Waals surface area contributed by atoms with Crippen molar-refractivity contribution in [2.24, 2.45) is 11.8 Å². The van der Waals surface area contributed by atoms with Crippen LogP contribution in [0.15, 0.2) is 48.5 Å². The van der Waals surface area contributed by atoms with Gasteiger partial charge >= 0.3 is 0 Å². The Morgan fingerprint density at radius 1 is 0.949 bits per heavy atom. The number of Topliss-reactive ketones (excluding diaryl/α,β-unsaturated/α-hetero) is 1. The van der Waals surface area contributed by atoms with E-state index in [0.717, 1.165) is 45.2 Å². The van der Waals surface area contributed by atoms with E-state index in [1.165, 1.54) is 35.4 Å². The number of ketones is 1. The van der Waals surface area contributed by atoms with E-state index in [4.69, 9.17) is 0 Å². The normalized spacial score (nSPS) is 20.5. The molecule has 1 aliphatic carbocycles. The van der Waals surface area contributed by atoms with Crippen LogP contribution in [0.5, 0.6) is 0 Å². The van der Waals surface area contributed by atoms with Crippen LogP contribution < -0.4 is 10.6 Å². The molecule has 210 valence electrons. The summed E-state index contributed by atoms with van der Waals surface area (Å²) in [6.07, 6.45) is 6.65.